The van der Waals surface area contributed by atoms with Gasteiger partial charge in [-0.05, 0) is 31.5 Å². The molecule has 2 aromatic heterocycles. The molecule has 0 bridgehead atoms. The number of aryl methyl sites for hydroxylation is 2. The summed E-state index contributed by atoms with van der Waals surface area (Å²) in [7, 11) is 0. The zero-order valence-corrected chi connectivity index (χ0v) is 10.2. The smallest absolute Gasteiger partial charge is 0.403 e. The first-order valence-electron chi connectivity index (χ1n) is 4.98. The Labute approximate surface area is 101 Å². The van der Waals surface area contributed by atoms with Crippen LogP contribution < -0.4 is 0 Å². The number of rotatable bonds is 3. The Balaban J connectivity index is 2.33. The molecule has 1 unspecified atom stereocenters. The van der Waals surface area contributed by atoms with Gasteiger partial charge < -0.3 is 9.52 Å². The molecule has 0 aliphatic carbocycles. The molecular formula is C11H11NO4S. The standard InChI is InChI=1S/C11H11NO4S/c1-6-5-7(2)17-11(6)10(13)8-3-4-9(16-8)12(14)15/h3-5,10,13H,1-2H3. The van der Waals surface area contributed by atoms with Crippen molar-refractivity contribution < 1.29 is 14.4 Å². The predicted octanol–water partition coefficient (Wildman–Crippen LogP) is 2.95. The van der Waals surface area contributed by atoms with E-state index in [1.54, 1.807) is 0 Å². The fourth-order valence-corrected chi connectivity index (χ4v) is 2.68. The van der Waals surface area contributed by atoms with E-state index >= 15 is 0 Å². The lowest BCUT2D eigenvalue weighted by Gasteiger charge is -2.05. The summed E-state index contributed by atoms with van der Waals surface area (Å²) in [6, 6.07) is 4.63. The lowest BCUT2D eigenvalue weighted by molar-refractivity contribution is -0.402. The van der Waals surface area contributed by atoms with Crippen LogP contribution in [-0.2, 0) is 0 Å². The highest BCUT2D eigenvalue weighted by atomic mass is 32.1. The molecule has 6 heteroatoms. The molecule has 0 fully saturated rings. The van der Waals surface area contributed by atoms with Crippen molar-refractivity contribution in [3.05, 3.63) is 49.4 Å². The van der Waals surface area contributed by atoms with E-state index in [1.807, 2.05) is 19.9 Å². The second-order valence-corrected chi connectivity index (χ2v) is 5.03. The molecule has 0 saturated carbocycles. The monoisotopic (exact) mass is 253 g/mol. The third-order valence-electron chi connectivity index (χ3n) is 2.39. The Morgan fingerprint density at radius 3 is 2.65 bits per heavy atom. The van der Waals surface area contributed by atoms with Crippen LogP contribution >= 0.6 is 11.3 Å². The fraction of sp³-hybridized carbons (Fsp3) is 0.273. The number of hydrogen-bond donors (Lipinski definition) is 1. The van der Waals surface area contributed by atoms with Crippen LogP contribution in [0.15, 0.2) is 22.6 Å². The average molecular weight is 253 g/mol. The highest BCUT2D eigenvalue weighted by Crippen LogP contribution is 2.33. The highest BCUT2D eigenvalue weighted by molar-refractivity contribution is 7.12. The molecule has 5 nitrogen and oxygen atoms in total. The summed E-state index contributed by atoms with van der Waals surface area (Å²) in [5, 5.41) is 20.6. The van der Waals surface area contributed by atoms with Gasteiger partial charge in [0.2, 0.25) is 0 Å². The summed E-state index contributed by atoms with van der Waals surface area (Å²) in [6.45, 7) is 3.83. The van der Waals surface area contributed by atoms with Gasteiger partial charge in [0.15, 0.2) is 0 Å². The highest BCUT2D eigenvalue weighted by Gasteiger charge is 2.22. The number of furan rings is 1. The Morgan fingerprint density at radius 2 is 2.18 bits per heavy atom. The molecule has 0 amide bonds. The van der Waals surface area contributed by atoms with Gasteiger partial charge in [0.25, 0.3) is 0 Å². The average Bonchev–Trinajstić information content (AvgIpc) is 2.84. The summed E-state index contributed by atoms with van der Waals surface area (Å²) in [5.41, 5.74) is 0.957. The van der Waals surface area contributed by atoms with Gasteiger partial charge in [-0.15, -0.1) is 11.3 Å². The first-order valence-corrected chi connectivity index (χ1v) is 5.80. The van der Waals surface area contributed by atoms with Gasteiger partial charge in [0.1, 0.15) is 16.8 Å². The van der Waals surface area contributed by atoms with Gasteiger partial charge in [-0.25, -0.2) is 0 Å². The van der Waals surface area contributed by atoms with Crippen LogP contribution in [0.1, 0.15) is 27.2 Å². The molecule has 2 rings (SSSR count). The van der Waals surface area contributed by atoms with Crippen LogP contribution in [0, 0.1) is 24.0 Å². The second kappa shape index (κ2) is 4.31. The molecule has 0 saturated heterocycles. The van der Waals surface area contributed by atoms with Crippen molar-refractivity contribution in [3.8, 4) is 0 Å². The molecule has 2 heterocycles. The molecule has 90 valence electrons. The van der Waals surface area contributed by atoms with Crippen molar-refractivity contribution in [2.75, 3.05) is 0 Å². The first-order chi connectivity index (χ1) is 7.99. The summed E-state index contributed by atoms with van der Waals surface area (Å²) in [4.78, 5) is 11.7. The minimum absolute atomic E-state index is 0.196. The summed E-state index contributed by atoms with van der Waals surface area (Å²) in [6.07, 6.45) is -0.942. The van der Waals surface area contributed by atoms with Crippen molar-refractivity contribution in [1.82, 2.24) is 0 Å². The van der Waals surface area contributed by atoms with E-state index in [9.17, 15) is 15.2 Å². The molecule has 0 aliphatic heterocycles. The summed E-state index contributed by atoms with van der Waals surface area (Å²) >= 11 is 1.46. The Morgan fingerprint density at radius 1 is 1.47 bits per heavy atom. The van der Waals surface area contributed by atoms with Gasteiger partial charge in [-0.1, -0.05) is 0 Å². The maximum absolute atomic E-state index is 10.5. The molecular weight excluding hydrogens is 242 g/mol. The molecule has 1 atom stereocenters. The number of nitrogens with zero attached hydrogens (tertiary/aromatic N) is 1. The molecule has 0 spiro atoms. The molecule has 17 heavy (non-hydrogen) atoms. The second-order valence-electron chi connectivity index (χ2n) is 3.74. The maximum atomic E-state index is 10.5. The van der Waals surface area contributed by atoms with Crippen molar-refractivity contribution in [3.63, 3.8) is 0 Å². The van der Waals surface area contributed by atoms with Gasteiger partial charge in [0.05, 0.1) is 6.07 Å². The Hall–Kier alpha value is -1.66. The van der Waals surface area contributed by atoms with Gasteiger partial charge >= 0.3 is 5.88 Å². The van der Waals surface area contributed by atoms with Crippen LogP contribution in [0.3, 0.4) is 0 Å². The molecule has 0 aliphatic rings. The third kappa shape index (κ3) is 2.22. The van der Waals surface area contributed by atoms with E-state index in [0.717, 1.165) is 15.3 Å². The van der Waals surface area contributed by atoms with E-state index in [2.05, 4.69) is 0 Å². The van der Waals surface area contributed by atoms with Gasteiger partial charge in [-0.2, -0.15) is 0 Å². The van der Waals surface area contributed by atoms with Gasteiger partial charge in [-0.3, -0.25) is 10.1 Å². The normalized spacial score (nSPS) is 12.6. The zero-order chi connectivity index (χ0) is 12.6. The quantitative estimate of drug-likeness (QED) is 0.674. The van der Waals surface area contributed by atoms with Gasteiger partial charge in [0, 0.05) is 9.75 Å². The fourth-order valence-electron chi connectivity index (χ4n) is 1.65. The number of thiophene rings is 1. The van der Waals surface area contributed by atoms with E-state index < -0.39 is 11.0 Å². The SMILES string of the molecule is Cc1cc(C)c(C(O)c2ccc([N+](=O)[O-])o2)s1. The molecule has 2 aromatic rings. The van der Waals surface area contributed by atoms with Crippen molar-refractivity contribution >= 4 is 17.2 Å². The van der Waals surface area contributed by atoms with E-state index in [1.165, 1.54) is 23.5 Å². The van der Waals surface area contributed by atoms with E-state index in [4.69, 9.17) is 4.42 Å². The largest absolute Gasteiger partial charge is 0.433 e. The number of aliphatic hydroxyl groups excluding tert-OH is 1. The minimum atomic E-state index is -0.942. The van der Waals surface area contributed by atoms with Crippen LogP contribution in [-0.4, -0.2) is 10.0 Å². The molecule has 1 N–H and O–H groups in total. The predicted molar refractivity (Wildman–Crippen MR) is 63.2 cm³/mol. The van der Waals surface area contributed by atoms with Crippen LogP contribution in [0.5, 0.6) is 0 Å². The lowest BCUT2D eigenvalue weighted by Crippen LogP contribution is -1.96. The first kappa shape index (κ1) is 11.8. The van der Waals surface area contributed by atoms with E-state index in [-0.39, 0.29) is 11.6 Å². The number of nitro groups is 1. The Bertz CT molecular complexity index is 558. The maximum Gasteiger partial charge on any atom is 0.433 e. The molecule has 0 radical (unpaired) electrons. The van der Waals surface area contributed by atoms with Crippen molar-refractivity contribution in [2.24, 2.45) is 0 Å². The van der Waals surface area contributed by atoms with Crippen LogP contribution in [0.4, 0.5) is 5.88 Å². The number of aliphatic hydroxyl groups is 1. The van der Waals surface area contributed by atoms with Crippen LogP contribution in [0.25, 0.3) is 0 Å². The number of hydrogen-bond acceptors (Lipinski definition) is 5. The topological polar surface area (TPSA) is 76.5 Å². The Kier molecular flexibility index (Phi) is 2.99. The van der Waals surface area contributed by atoms with Crippen molar-refractivity contribution in [1.29, 1.82) is 0 Å². The third-order valence-corrected chi connectivity index (χ3v) is 3.59. The molecule has 0 aromatic carbocycles. The van der Waals surface area contributed by atoms with E-state index in [0.29, 0.717) is 0 Å². The zero-order valence-electron chi connectivity index (χ0n) is 9.34. The van der Waals surface area contributed by atoms with Crippen LogP contribution in [0.2, 0.25) is 0 Å². The summed E-state index contributed by atoms with van der Waals surface area (Å²) < 4.78 is 4.98. The lowest BCUT2D eigenvalue weighted by atomic mass is 10.1. The summed E-state index contributed by atoms with van der Waals surface area (Å²) in [5.74, 6) is -0.161. The minimum Gasteiger partial charge on any atom is -0.403 e. The van der Waals surface area contributed by atoms with Crippen molar-refractivity contribution in [2.45, 2.75) is 20.0 Å².